The first-order valence-electron chi connectivity index (χ1n) is 10.2. The molecule has 0 aromatic heterocycles. The largest absolute Gasteiger partial charge is 0.340 e. The minimum atomic E-state index is -0.473. The van der Waals surface area contributed by atoms with Crippen molar-refractivity contribution in [1.29, 1.82) is 0 Å². The summed E-state index contributed by atoms with van der Waals surface area (Å²) in [6.45, 7) is 1.02. The third-order valence-electron chi connectivity index (χ3n) is 5.59. The Morgan fingerprint density at radius 1 is 0.967 bits per heavy atom. The van der Waals surface area contributed by atoms with Gasteiger partial charge in [0, 0.05) is 30.1 Å². The van der Waals surface area contributed by atoms with Gasteiger partial charge in [0.2, 0.25) is 11.8 Å². The van der Waals surface area contributed by atoms with E-state index in [-0.39, 0.29) is 23.6 Å². The van der Waals surface area contributed by atoms with E-state index in [1.54, 1.807) is 33.7 Å². The number of carbonyl (C=O) groups is 3. The van der Waals surface area contributed by atoms with Crippen molar-refractivity contribution < 1.29 is 14.4 Å². The number of carbonyl (C=O) groups excluding carboxylic acids is 3. The summed E-state index contributed by atoms with van der Waals surface area (Å²) < 4.78 is 0. The zero-order valence-corrected chi connectivity index (χ0v) is 17.5. The number of hydrogen-bond acceptors (Lipinski definition) is 4. The molecule has 2 aliphatic rings. The lowest BCUT2D eigenvalue weighted by atomic mass is 9.96. The molecule has 0 radical (unpaired) electrons. The van der Waals surface area contributed by atoms with E-state index >= 15 is 0 Å². The molecule has 6 nitrogen and oxygen atoms in total. The van der Waals surface area contributed by atoms with Crippen LogP contribution in [0.15, 0.2) is 60.7 Å². The summed E-state index contributed by atoms with van der Waals surface area (Å²) in [4.78, 5) is 42.3. The first-order valence-corrected chi connectivity index (χ1v) is 11.4. The molecule has 0 spiro atoms. The second-order valence-electron chi connectivity index (χ2n) is 7.64. The molecule has 1 N–H and O–H groups in total. The van der Waals surface area contributed by atoms with Gasteiger partial charge in [0.15, 0.2) is 0 Å². The fraction of sp³-hybridized carbons (Fsp3) is 0.348. The van der Waals surface area contributed by atoms with Crippen LogP contribution in [0.25, 0.3) is 0 Å². The Balaban J connectivity index is 1.41. The Kier molecular flexibility index (Phi) is 6.38. The van der Waals surface area contributed by atoms with Crippen molar-refractivity contribution in [2.75, 3.05) is 30.0 Å². The first kappa shape index (κ1) is 20.5. The molecule has 2 saturated heterocycles. The van der Waals surface area contributed by atoms with Gasteiger partial charge in [-0.15, -0.1) is 11.8 Å². The maximum atomic E-state index is 13.3. The van der Waals surface area contributed by atoms with Gasteiger partial charge in [-0.05, 0) is 37.1 Å². The standard InChI is InChI=1S/C23H25N3O3S/c27-21(24-19-11-5-2-6-12-19)18-10-7-13-25(14-18)23(29)20-15-30-16-26(20)22(28)17-8-3-1-4-9-17/h1-6,8-9,11-12,18,20H,7,10,13-16H2,(H,24,27)/t18?,20-/m0/s1. The molecule has 2 atom stereocenters. The highest BCUT2D eigenvalue weighted by Crippen LogP contribution is 2.27. The van der Waals surface area contributed by atoms with E-state index in [1.807, 2.05) is 48.5 Å². The van der Waals surface area contributed by atoms with Gasteiger partial charge in [0.1, 0.15) is 6.04 Å². The van der Waals surface area contributed by atoms with Crippen molar-refractivity contribution in [3.05, 3.63) is 66.2 Å². The number of anilines is 1. The van der Waals surface area contributed by atoms with E-state index in [9.17, 15) is 14.4 Å². The summed E-state index contributed by atoms with van der Waals surface area (Å²) in [5.41, 5.74) is 1.36. The summed E-state index contributed by atoms with van der Waals surface area (Å²) in [7, 11) is 0. The van der Waals surface area contributed by atoms with Crippen LogP contribution in [-0.4, -0.2) is 58.3 Å². The number of nitrogens with zero attached hydrogens (tertiary/aromatic N) is 2. The van der Waals surface area contributed by atoms with Crippen LogP contribution in [0.4, 0.5) is 5.69 Å². The van der Waals surface area contributed by atoms with E-state index in [2.05, 4.69) is 5.32 Å². The Labute approximate surface area is 180 Å². The van der Waals surface area contributed by atoms with Crippen LogP contribution in [0.3, 0.4) is 0 Å². The van der Waals surface area contributed by atoms with Gasteiger partial charge >= 0.3 is 0 Å². The molecule has 0 bridgehead atoms. The third kappa shape index (κ3) is 4.51. The smallest absolute Gasteiger partial charge is 0.255 e. The number of likely N-dealkylation sites (tertiary alicyclic amines) is 1. The fourth-order valence-corrected chi connectivity index (χ4v) is 5.11. The molecule has 2 aromatic rings. The fourth-order valence-electron chi connectivity index (χ4n) is 3.96. The molecular formula is C23H25N3O3S. The van der Waals surface area contributed by atoms with E-state index in [1.165, 1.54) is 0 Å². The van der Waals surface area contributed by atoms with Crippen LogP contribution >= 0.6 is 11.8 Å². The number of para-hydroxylation sites is 1. The number of rotatable bonds is 4. The highest BCUT2D eigenvalue weighted by Gasteiger charge is 2.39. The van der Waals surface area contributed by atoms with Crippen LogP contribution in [0, 0.1) is 5.92 Å². The predicted octanol–water partition coefficient (Wildman–Crippen LogP) is 3.08. The average Bonchev–Trinajstić information content (AvgIpc) is 3.29. The zero-order valence-electron chi connectivity index (χ0n) is 16.7. The molecule has 2 aromatic carbocycles. The molecule has 2 heterocycles. The van der Waals surface area contributed by atoms with Crippen molar-refractivity contribution >= 4 is 35.2 Å². The van der Waals surface area contributed by atoms with E-state index in [0.717, 1.165) is 18.5 Å². The molecule has 30 heavy (non-hydrogen) atoms. The number of thioether (sulfide) groups is 1. The monoisotopic (exact) mass is 423 g/mol. The highest BCUT2D eigenvalue weighted by molar-refractivity contribution is 7.99. The van der Waals surface area contributed by atoms with Crippen molar-refractivity contribution in [3.63, 3.8) is 0 Å². The molecule has 0 aliphatic carbocycles. The maximum absolute atomic E-state index is 13.3. The Morgan fingerprint density at radius 2 is 1.67 bits per heavy atom. The molecule has 1 unspecified atom stereocenters. The molecule has 156 valence electrons. The predicted molar refractivity (Wildman–Crippen MR) is 118 cm³/mol. The minimum Gasteiger partial charge on any atom is -0.340 e. The SMILES string of the molecule is O=C(Nc1ccccc1)C1CCCN(C(=O)[C@@H]2CSCN2C(=O)c2ccccc2)C1. The van der Waals surface area contributed by atoms with E-state index in [0.29, 0.717) is 30.3 Å². The highest BCUT2D eigenvalue weighted by atomic mass is 32.2. The molecule has 0 saturated carbocycles. The van der Waals surface area contributed by atoms with E-state index < -0.39 is 6.04 Å². The van der Waals surface area contributed by atoms with Gasteiger partial charge in [-0.3, -0.25) is 14.4 Å². The summed E-state index contributed by atoms with van der Waals surface area (Å²) in [6, 6.07) is 18.0. The van der Waals surface area contributed by atoms with Crippen LogP contribution < -0.4 is 5.32 Å². The van der Waals surface area contributed by atoms with Crippen LogP contribution in [0.5, 0.6) is 0 Å². The second kappa shape index (κ2) is 9.34. The Morgan fingerprint density at radius 3 is 2.40 bits per heavy atom. The number of benzene rings is 2. The minimum absolute atomic E-state index is 0.0542. The quantitative estimate of drug-likeness (QED) is 0.821. The van der Waals surface area contributed by atoms with Crippen LogP contribution in [0.2, 0.25) is 0 Å². The number of hydrogen-bond donors (Lipinski definition) is 1. The van der Waals surface area contributed by atoms with Crippen molar-refractivity contribution in [2.45, 2.75) is 18.9 Å². The first-order chi connectivity index (χ1) is 14.6. The lowest BCUT2D eigenvalue weighted by Gasteiger charge is -2.35. The number of nitrogens with one attached hydrogen (secondary N) is 1. The number of piperidine rings is 1. The summed E-state index contributed by atoms with van der Waals surface area (Å²) in [5.74, 6) is 0.632. The molecule has 2 fully saturated rings. The van der Waals surface area contributed by atoms with Gasteiger partial charge < -0.3 is 15.1 Å². The van der Waals surface area contributed by atoms with Gasteiger partial charge in [0.25, 0.3) is 5.91 Å². The molecule has 7 heteroatoms. The van der Waals surface area contributed by atoms with Gasteiger partial charge in [-0.1, -0.05) is 36.4 Å². The lowest BCUT2D eigenvalue weighted by Crippen LogP contribution is -2.52. The van der Waals surface area contributed by atoms with Crippen LogP contribution in [0.1, 0.15) is 23.2 Å². The van der Waals surface area contributed by atoms with E-state index in [4.69, 9.17) is 0 Å². The summed E-state index contributed by atoms with van der Waals surface area (Å²) in [5, 5.41) is 2.94. The molecule has 3 amide bonds. The van der Waals surface area contributed by atoms with Gasteiger partial charge in [-0.2, -0.15) is 0 Å². The normalized spacial score (nSPS) is 21.3. The van der Waals surface area contributed by atoms with Crippen molar-refractivity contribution in [1.82, 2.24) is 9.80 Å². The second-order valence-corrected chi connectivity index (χ2v) is 8.64. The van der Waals surface area contributed by atoms with Gasteiger partial charge in [-0.25, -0.2) is 0 Å². The summed E-state index contributed by atoms with van der Waals surface area (Å²) >= 11 is 1.59. The van der Waals surface area contributed by atoms with Crippen LogP contribution in [-0.2, 0) is 9.59 Å². The lowest BCUT2D eigenvalue weighted by molar-refractivity contribution is -0.137. The third-order valence-corrected chi connectivity index (χ3v) is 6.61. The molecule has 4 rings (SSSR count). The topological polar surface area (TPSA) is 69.7 Å². The zero-order chi connectivity index (χ0) is 20.9. The molecular weight excluding hydrogens is 398 g/mol. The maximum Gasteiger partial charge on any atom is 0.255 e. The molecule has 2 aliphatic heterocycles. The van der Waals surface area contributed by atoms with Gasteiger partial charge in [0.05, 0.1) is 11.8 Å². The van der Waals surface area contributed by atoms with Crippen molar-refractivity contribution in [2.24, 2.45) is 5.92 Å². The Bertz CT molecular complexity index is 906. The summed E-state index contributed by atoms with van der Waals surface area (Å²) in [6.07, 6.45) is 1.54. The average molecular weight is 424 g/mol. The Hall–Kier alpha value is -2.80. The van der Waals surface area contributed by atoms with Crippen molar-refractivity contribution in [3.8, 4) is 0 Å². The number of amides is 3.